The van der Waals surface area contributed by atoms with Gasteiger partial charge in [-0.1, -0.05) is 18.2 Å². The van der Waals surface area contributed by atoms with Gasteiger partial charge in [0, 0.05) is 4.90 Å². The van der Waals surface area contributed by atoms with Gasteiger partial charge in [-0.25, -0.2) is 0 Å². The van der Waals surface area contributed by atoms with E-state index in [0.717, 1.165) is 5.75 Å². The van der Waals surface area contributed by atoms with Crippen molar-refractivity contribution < 1.29 is 4.74 Å². The number of methoxy groups -OCH3 is 1. The summed E-state index contributed by atoms with van der Waals surface area (Å²) in [6, 6.07) is 14.8. The molecule has 0 saturated carbocycles. The smallest absolute Gasteiger partial charge is 0.118 e. The maximum Gasteiger partial charge on any atom is 0.118 e. The summed E-state index contributed by atoms with van der Waals surface area (Å²) in [4.78, 5) is 1.29. The summed E-state index contributed by atoms with van der Waals surface area (Å²) >= 11 is 1.77. The third-order valence-electron chi connectivity index (χ3n) is 2.85. The molecule has 1 nitrogen and oxygen atoms in total. The topological polar surface area (TPSA) is 9.23 Å². The van der Waals surface area contributed by atoms with Crippen molar-refractivity contribution in [2.24, 2.45) is 0 Å². The van der Waals surface area contributed by atoms with Crippen LogP contribution in [0, 0.1) is 6.92 Å². The Hall–Kier alpha value is -1.41. The molecule has 0 N–H and O–H groups in total. The fourth-order valence-electron chi connectivity index (χ4n) is 1.81. The first-order valence-corrected chi connectivity index (χ1v) is 6.76. The van der Waals surface area contributed by atoms with Crippen molar-refractivity contribution >= 4 is 11.8 Å². The summed E-state index contributed by atoms with van der Waals surface area (Å²) in [7, 11) is 1.69. The van der Waals surface area contributed by atoms with E-state index >= 15 is 0 Å². The Kier molecular flexibility index (Phi) is 3.75. The highest BCUT2D eigenvalue weighted by Crippen LogP contribution is 2.29. The molecule has 2 aromatic rings. The Morgan fingerprint density at radius 2 is 1.71 bits per heavy atom. The number of benzene rings is 2. The van der Waals surface area contributed by atoms with Crippen molar-refractivity contribution in [2.75, 3.05) is 13.4 Å². The van der Waals surface area contributed by atoms with Crippen molar-refractivity contribution in [3.05, 3.63) is 48.0 Å². The second-order valence-electron chi connectivity index (χ2n) is 3.91. The quantitative estimate of drug-likeness (QED) is 0.740. The normalized spacial score (nSPS) is 10.3. The first-order valence-electron chi connectivity index (χ1n) is 5.53. The molecule has 2 rings (SSSR count). The minimum atomic E-state index is 0.896. The van der Waals surface area contributed by atoms with Crippen LogP contribution in [0.25, 0.3) is 11.1 Å². The highest BCUT2D eigenvalue weighted by molar-refractivity contribution is 7.98. The van der Waals surface area contributed by atoms with E-state index in [0.29, 0.717) is 0 Å². The number of hydrogen-bond donors (Lipinski definition) is 0. The fraction of sp³-hybridized carbons (Fsp3) is 0.200. The van der Waals surface area contributed by atoms with Crippen LogP contribution in [0.2, 0.25) is 0 Å². The van der Waals surface area contributed by atoms with Gasteiger partial charge in [0.15, 0.2) is 0 Å². The highest BCUT2D eigenvalue weighted by Gasteiger charge is 2.03. The molecule has 0 fully saturated rings. The number of aryl methyl sites for hydroxylation is 1. The number of hydrogen-bond acceptors (Lipinski definition) is 2. The van der Waals surface area contributed by atoms with Gasteiger partial charge in [0.2, 0.25) is 0 Å². The second-order valence-corrected chi connectivity index (χ2v) is 4.79. The summed E-state index contributed by atoms with van der Waals surface area (Å²) in [5.74, 6) is 0.896. The van der Waals surface area contributed by atoms with Crippen LogP contribution in [0.1, 0.15) is 5.56 Å². The molecule has 0 aliphatic heterocycles. The Morgan fingerprint density at radius 3 is 2.29 bits per heavy atom. The zero-order valence-electron chi connectivity index (χ0n) is 10.4. The van der Waals surface area contributed by atoms with Gasteiger partial charge in [-0.15, -0.1) is 11.8 Å². The van der Waals surface area contributed by atoms with Crippen molar-refractivity contribution in [2.45, 2.75) is 11.8 Å². The lowest BCUT2D eigenvalue weighted by molar-refractivity contribution is 0.415. The molecule has 0 atom stereocenters. The van der Waals surface area contributed by atoms with Crippen molar-refractivity contribution in [1.29, 1.82) is 0 Å². The summed E-state index contributed by atoms with van der Waals surface area (Å²) in [5.41, 5.74) is 3.83. The van der Waals surface area contributed by atoms with Gasteiger partial charge in [-0.2, -0.15) is 0 Å². The van der Waals surface area contributed by atoms with E-state index < -0.39 is 0 Å². The zero-order chi connectivity index (χ0) is 12.3. The molecule has 2 heteroatoms. The van der Waals surface area contributed by atoms with Gasteiger partial charge >= 0.3 is 0 Å². The Morgan fingerprint density at radius 1 is 1.00 bits per heavy atom. The van der Waals surface area contributed by atoms with Crippen LogP contribution in [-0.2, 0) is 0 Å². The number of rotatable bonds is 3. The molecular formula is C15H16OS. The Balaban J connectivity index is 2.43. The molecule has 0 aliphatic rings. The first kappa shape index (κ1) is 12.1. The standard InChI is InChI=1S/C15H16OS/c1-11-4-9-14(17-3)10-15(11)12-5-7-13(16-2)8-6-12/h4-10H,1-3H3. The third kappa shape index (κ3) is 2.64. The molecular weight excluding hydrogens is 228 g/mol. The molecule has 0 saturated heterocycles. The van der Waals surface area contributed by atoms with E-state index in [1.807, 2.05) is 12.1 Å². The molecule has 0 aliphatic carbocycles. The van der Waals surface area contributed by atoms with E-state index in [-0.39, 0.29) is 0 Å². The highest BCUT2D eigenvalue weighted by atomic mass is 32.2. The third-order valence-corrected chi connectivity index (χ3v) is 3.57. The lowest BCUT2D eigenvalue weighted by Gasteiger charge is -2.09. The molecule has 0 spiro atoms. The van der Waals surface area contributed by atoms with Crippen LogP contribution in [0.3, 0.4) is 0 Å². The molecule has 0 amide bonds. The van der Waals surface area contributed by atoms with Crippen LogP contribution in [-0.4, -0.2) is 13.4 Å². The van der Waals surface area contributed by atoms with Gasteiger partial charge in [-0.05, 0) is 54.1 Å². The Labute approximate surface area is 107 Å². The average molecular weight is 244 g/mol. The molecule has 2 aromatic carbocycles. The molecule has 88 valence electrons. The Bertz CT molecular complexity index is 503. The molecule has 17 heavy (non-hydrogen) atoms. The first-order chi connectivity index (χ1) is 8.24. The van der Waals surface area contributed by atoms with Crippen LogP contribution in [0.5, 0.6) is 5.75 Å². The van der Waals surface area contributed by atoms with Crippen molar-refractivity contribution in [3.8, 4) is 16.9 Å². The average Bonchev–Trinajstić information content (AvgIpc) is 2.39. The number of ether oxygens (including phenoxy) is 1. The summed E-state index contributed by atoms with van der Waals surface area (Å²) in [6.07, 6.45) is 2.10. The predicted molar refractivity (Wildman–Crippen MR) is 74.9 cm³/mol. The van der Waals surface area contributed by atoms with E-state index in [4.69, 9.17) is 4.74 Å². The monoisotopic (exact) mass is 244 g/mol. The molecule has 0 aromatic heterocycles. The van der Waals surface area contributed by atoms with Gasteiger partial charge in [0.05, 0.1) is 7.11 Å². The number of thioether (sulfide) groups is 1. The lowest BCUT2D eigenvalue weighted by Crippen LogP contribution is -1.86. The van der Waals surface area contributed by atoms with Crippen LogP contribution < -0.4 is 4.74 Å². The summed E-state index contributed by atoms with van der Waals surface area (Å²) in [6.45, 7) is 2.14. The molecule has 0 unspecified atom stereocenters. The van der Waals surface area contributed by atoms with E-state index in [1.165, 1.54) is 21.6 Å². The minimum Gasteiger partial charge on any atom is -0.497 e. The van der Waals surface area contributed by atoms with Crippen LogP contribution >= 0.6 is 11.8 Å². The van der Waals surface area contributed by atoms with Crippen molar-refractivity contribution in [3.63, 3.8) is 0 Å². The molecule has 0 heterocycles. The SMILES string of the molecule is COc1ccc(-c2cc(SC)ccc2C)cc1. The lowest BCUT2D eigenvalue weighted by atomic mass is 10.0. The van der Waals surface area contributed by atoms with E-state index in [9.17, 15) is 0 Å². The van der Waals surface area contributed by atoms with Gasteiger partial charge in [0.25, 0.3) is 0 Å². The van der Waals surface area contributed by atoms with Gasteiger partial charge in [-0.3, -0.25) is 0 Å². The predicted octanol–water partition coefficient (Wildman–Crippen LogP) is 4.39. The van der Waals surface area contributed by atoms with E-state index in [2.05, 4.69) is 43.5 Å². The maximum absolute atomic E-state index is 5.18. The summed E-state index contributed by atoms with van der Waals surface area (Å²) < 4.78 is 5.18. The van der Waals surface area contributed by atoms with Crippen LogP contribution in [0.4, 0.5) is 0 Å². The van der Waals surface area contributed by atoms with Gasteiger partial charge in [0.1, 0.15) is 5.75 Å². The fourth-order valence-corrected chi connectivity index (χ4v) is 2.25. The largest absolute Gasteiger partial charge is 0.497 e. The zero-order valence-corrected chi connectivity index (χ0v) is 11.2. The second kappa shape index (κ2) is 5.28. The summed E-state index contributed by atoms with van der Waals surface area (Å²) in [5, 5.41) is 0. The van der Waals surface area contributed by atoms with Crippen molar-refractivity contribution in [1.82, 2.24) is 0 Å². The van der Waals surface area contributed by atoms with Crippen LogP contribution in [0.15, 0.2) is 47.4 Å². The van der Waals surface area contributed by atoms with Gasteiger partial charge < -0.3 is 4.74 Å². The molecule has 0 radical (unpaired) electrons. The molecule has 0 bridgehead atoms. The minimum absolute atomic E-state index is 0.896. The van der Waals surface area contributed by atoms with E-state index in [1.54, 1.807) is 18.9 Å². The maximum atomic E-state index is 5.18.